The van der Waals surface area contributed by atoms with Gasteiger partial charge in [0.2, 0.25) is 0 Å². The summed E-state index contributed by atoms with van der Waals surface area (Å²) in [6.07, 6.45) is 3.39. The van der Waals surface area contributed by atoms with Crippen LogP contribution in [0.4, 0.5) is 10.6 Å². The number of rotatable bonds is 5. The van der Waals surface area contributed by atoms with E-state index in [0.29, 0.717) is 12.4 Å². The van der Waals surface area contributed by atoms with E-state index in [9.17, 15) is 4.79 Å². The molecule has 2 aromatic rings. The summed E-state index contributed by atoms with van der Waals surface area (Å²) in [6, 6.07) is 3.47. The highest BCUT2D eigenvalue weighted by molar-refractivity contribution is 5.74. The molecule has 25 heavy (non-hydrogen) atoms. The van der Waals surface area contributed by atoms with E-state index in [4.69, 9.17) is 4.74 Å². The Balaban J connectivity index is 1.47. The summed E-state index contributed by atoms with van der Waals surface area (Å²) in [5.41, 5.74) is 0.943. The third kappa shape index (κ3) is 4.44. The van der Waals surface area contributed by atoms with Crippen LogP contribution in [0.3, 0.4) is 0 Å². The van der Waals surface area contributed by atoms with E-state index in [1.54, 1.807) is 17.1 Å². The van der Waals surface area contributed by atoms with E-state index in [0.717, 1.165) is 37.7 Å². The highest BCUT2D eigenvalue weighted by Gasteiger charge is 2.14. The molecule has 2 amide bonds. The normalized spacial score (nSPS) is 15.7. The molecular weight excluding hydrogens is 322 g/mol. The maximum Gasteiger partial charge on any atom is 0.315 e. The van der Waals surface area contributed by atoms with Gasteiger partial charge in [-0.3, -0.25) is 0 Å². The average molecular weight is 345 g/mol. The van der Waals surface area contributed by atoms with E-state index in [1.165, 1.54) is 0 Å². The number of hydrogen-bond donors (Lipinski definition) is 2. The van der Waals surface area contributed by atoms with Crippen molar-refractivity contribution in [2.45, 2.75) is 19.5 Å². The molecule has 2 aromatic heterocycles. The molecule has 1 saturated heterocycles. The Kier molecular flexibility index (Phi) is 5.44. The molecule has 0 aliphatic carbocycles. The Morgan fingerprint density at radius 3 is 2.80 bits per heavy atom. The lowest BCUT2D eigenvalue weighted by Gasteiger charge is -2.27. The molecule has 3 heterocycles. The Hall–Kier alpha value is -2.68. The van der Waals surface area contributed by atoms with Gasteiger partial charge in [-0.05, 0) is 18.6 Å². The molecule has 2 N–H and O–H groups in total. The lowest BCUT2D eigenvalue weighted by Crippen LogP contribution is -2.37. The van der Waals surface area contributed by atoms with Crippen LogP contribution in [-0.2, 0) is 18.3 Å². The highest BCUT2D eigenvalue weighted by Crippen LogP contribution is 2.13. The van der Waals surface area contributed by atoms with Crippen LogP contribution in [-0.4, -0.2) is 52.1 Å². The smallest absolute Gasteiger partial charge is 0.315 e. The Labute approximate surface area is 146 Å². The summed E-state index contributed by atoms with van der Waals surface area (Å²) in [7, 11) is 1.84. The predicted molar refractivity (Wildman–Crippen MR) is 92.1 cm³/mol. The number of carbonyl (C=O) groups is 1. The fraction of sp³-hybridized carbons (Fsp3) is 0.500. The first kappa shape index (κ1) is 17.2. The van der Waals surface area contributed by atoms with Crippen LogP contribution in [0.2, 0.25) is 0 Å². The van der Waals surface area contributed by atoms with Crippen LogP contribution in [0.25, 0.3) is 0 Å². The second-order valence-corrected chi connectivity index (χ2v) is 5.97. The second kappa shape index (κ2) is 7.93. The molecule has 9 heteroatoms. The number of hydrogen-bond acceptors (Lipinski definition) is 6. The number of nitrogens with zero attached hydrogens (tertiary/aromatic N) is 5. The van der Waals surface area contributed by atoms with Crippen LogP contribution in [0, 0.1) is 0 Å². The maximum absolute atomic E-state index is 12.0. The van der Waals surface area contributed by atoms with E-state index in [2.05, 4.69) is 30.7 Å². The Morgan fingerprint density at radius 1 is 1.36 bits per heavy atom. The van der Waals surface area contributed by atoms with Gasteiger partial charge in [-0.1, -0.05) is 6.07 Å². The van der Waals surface area contributed by atoms with Gasteiger partial charge < -0.3 is 24.8 Å². The first-order valence-corrected chi connectivity index (χ1v) is 8.29. The molecular formula is C16H23N7O2. The van der Waals surface area contributed by atoms with Crippen molar-refractivity contribution in [3.05, 3.63) is 36.0 Å². The van der Waals surface area contributed by atoms with Crippen LogP contribution in [0.15, 0.2) is 24.7 Å². The summed E-state index contributed by atoms with van der Waals surface area (Å²) in [4.78, 5) is 18.7. The predicted octanol–water partition coefficient (Wildman–Crippen LogP) is 0.607. The fourth-order valence-electron chi connectivity index (χ4n) is 2.68. The molecule has 1 aliphatic heterocycles. The number of aryl methyl sites for hydroxylation is 1. The maximum atomic E-state index is 12.0. The largest absolute Gasteiger partial charge is 0.378 e. The lowest BCUT2D eigenvalue weighted by atomic mass is 10.2. The lowest BCUT2D eigenvalue weighted by molar-refractivity contribution is 0.122. The quantitative estimate of drug-likeness (QED) is 0.824. The van der Waals surface area contributed by atoms with Crippen molar-refractivity contribution in [2.75, 3.05) is 31.2 Å². The van der Waals surface area contributed by atoms with Crippen LogP contribution in [0.1, 0.15) is 24.4 Å². The number of pyridine rings is 1. The molecule has 0 unspecified atom stereocenters. The van der Waals surface area contributed by atoms with Crippen molar-refractivity contribution >= 4 is 11.8 Å². The third-order valence-corrected chi connectivity index (χ3v) is 4.08. The van der Waals surface area contributed by atoms with E-state index in [1.807, 2.05) is 26.1 Å². The number of amides is 2. The molecule has 0 bridgehead atoms. The second-order valence-electron chi connectivity index (χ2n) is 5.97. The zero-order valence-electron chi connectivity index (χ0n) is 14.5. The fourth-order valence-corrected chi connectivity index (χ4v) is 2.68. The molecule has 1 aliphatic rings. The topological polar surface area (TPSA) is 97.2 Å². The molecule has 0 radical (unpaired) electrons. The molecule has 3 rings (SSSR count). The minimum Gasteiger partial charge on any atom is -0.378 e. The average Bonchev–Trinajstić information content (AvgIpc) is 3.07. The van der Waals surface area contributed by atoms with Crippen molar-refractivity contribution in [1.82, 2.24) is 30.4 Å². The van der Waals surface area contributed by atoms with Gasteiger partial charge in [0.15, 0.2) is 5.82 Å². The molecule has 0 spiro atoms. The minimum absolute atomic E-state index is 0.227. The summed E-state index contributed by atoms with van der Waals surface area (Å²) < 4.78 is 7.12. The van der Waals surface area contributed by atoms with Crippen molar-refractivity contribution in [3.63, 3.8) is 0 Å². The molecule has 1 atom stereocenters. The molecule has 1 fully saturated rings. The van der Waals surface area contributed by atoms with Crippen LogP contribution < -0.4 is 15.5 Å². The van der Waals surface area contributed by atoms with E-state index >= 15 is 0 Å². The SMILES string of the molecule is C[C@H](NC(=O)NCc1ccc(N2CCOCC2)nc1)c1nncn1C. The minimum atomic E-state index is -0.257. The number of anilines is 1. The summed E-state index contributed by atoms with van der Waals surface area (Å²) in [5, 5.41) is 13.5. The monoisotopic (exact) mass is 345 g/mol. The van der Waals surface area contributed by atoms with Gasteiger partial charge >= 0.3 is 6.03 Å². The van der Waals surface area contributed by atoms with Gasteiger partial charge in [0.25, 0.3) is 0 Å². The summed E-state index contributed by atoms with van der Waals surface area (Å²) >= 11 is 0. The Bertz CT molecular complexity index is 695. The van der Waals surface area contributed by atoms with Crippen molar-refractivity contribution in [1.29, 1.82) is 0 Å². The Morgan fingerprint density at radius 2 is 2.16 bits per heavy atom. The molecule has 9 nitrogen and oxygen atoms in total. The third-order valence-electron chi connectivity index (χ3n) is 4.08. The number of nitrogens with one attached hydrogen (secondary N) is 2. The van der Waals surface area contributed by atoms with E-state index in [-0.39, 0.29) is 12.1 Å². The van der Waals surface area contributed by atoms with Crippen molar-refractivity contribution < 1.29 is 9.53 Å². The van der Waals surface area contributed by atoms with E-state index < -0.39 is 0 Å². The summed E-state index contributed by atoms with van der Waals surface area (Å²) in [5.74, 6) is 1.64. The van der Waals surface area contributed by atoms with Gasteiger partial charge in [0.05, 0.1) is 19.3 Å². The van der Waals surface area contributed by atoms with Gasteiger partial charge in [-0.15, -0.1) is 10.2 Å². The van der Waals surface area contributed by atoms with Gasteiger partial charge in [0.1, 0.15) is 12.1 Å². The van der Waals surface area contributed by atoms with Crippen LogP contribution in [0.5, 0.6) is 0 Å². The van der Waals surface area contributed by atoms with Gasteiger partial charge in [-0.2, -0.15) is 0 Å². The number of aromatic nitrogens is 4. The first-order chi connectivity index (χ1) is 12.1. The zero-order chi connectivity index (χ0) is 17.6. The standard InChI is InChI=1S/C16H23N7O2/c1-12(15-21-19-11-22(15)2)20-16(24)18-10-13-3-4-14(17-9-13)23-5-7-25-8-6-23/h3-4,9,11-12H,5-8,10H2,1-2H3,(H2,18,20,24)/t12-/m0/s1. The van der Waals surface area contributed by atoms with Gasteiger partial charge in [-0.25, -0.2) is 9.78 Å². The number of morpholine rings is 1. The molecule has 134 valence electrons. The molecule has 0 aromatic carbocycles. The van der Waals surface area contributed by atoms with Crippen LogP contribution >= 0.6 is 0 Å². The highest BCUT2D eigenvalue weighted by atomic mass is 16.5. The number of urea groups is 1. The number of ether oxygens (including phenoxy) is 1. The van der Waals surface area contributed by atoms with Gasteiger partial charge in [0, 0.05) is 32.9 Å². The zero-order valence-corrected chi connectivity index (χ0v) is 14.5. The summed E-state index contributed by atoms with van der Waals surface area (Å²) in [6.45, 7) is 5.44. The van der Waals surface area contributed by atoms with Crippen molar-refractivity contribution in [3.8, 4) is 0 Å². The first-order valence-electron chi connectivity index (χ1n) is 8.29. The molecule has 0 saturated carbocycles. The van der Waals surface area contributed by atoms with Crippen molar-refractivity contribution in [2.24, 2.45) is 7.05 Å². The number of carbonyl (C=O) groups excluding carboxylic acids is 1.